The molecule has 0 aliphatic rings. The Morgan fingerprint density at radius 2 is 0.484 bits per heavy atom. The largest absolute Gasteiger partial charge is 0.310 e. The molecule has 302 valence electrons. The molecular formula is C59H51N3. The molecule has 0 amide bonds. The molecule has 9 aromatic rings. The maximum atomic E-state index is 2.35. The zero-order chi connectivity index (χ0) is 42.4. The van der Waals surface area contributed by atoms with Crippen LogP contribution in [-0.4, -0.2) is 0 Å². The molecule has 0 aliphatic heterocycles. The second-order valence-electron chi connectivity index (χ2n) is 16.2. The lowest BCUT2D eigenvalue weighted by Crippen LogP contribution is -2.12. The van der Waals surface area contributed by atoms with E-state index in [0.29, 0.717) is 0 Å². The number of benzene rings is 9. The summed E-state index contributed by atoms with van der Waals surface area (Å²) in [4.78, 5) is 7.02. The number of anilines is 9. The summed E-state index contributed by atoms with van der Waals surface area (Å²) in [7, 11) is 0. The first-order valence-electron chi connectivity index (χ1n) is 21.4. The number of nitrogens with zero attached hydrogens (tertiary/aromatic N) is 3. The van der Waals surface area contributed by atoms with Crippen LogP contribution in [0.3, 0.4) is 0 Å². The van der Waals surface area contributed by atoms with E-state index >= 15 is 0 Å². The molecule has 0 aliphatic carbocycles. The number of aryl methyl sites for hydroxylation is 4. The van der Waals surface area contributed by atoms with Gasteiger partial charge in [-0.15, -0.1) is 0 Å². The Morgan fingerprint density at radius 1 is 0.226 bits per heavy atom. The minimum absolute atomic E-state index is 0.0211. The van der Waals surface area contributed by atoms with E-state index in [-0.39, 0.29) is 5.92 Å². The number of para-hydroxylation sites is 2. The van der Waals surface area contributed by atoms with Gasteiger partial charge in [0, 0.05) is 57.1 Å². The smallest absolute Gasteiger partial charge is 0.0464 e. The fourth-order valence-corrected chi connectivity index (χ4v) is 8.52. The van der Waals surface area contributed by atoms with Crippen molar-refractivity contribution in [1.82, 2.24) is 0 Å². The van der Waals surface area contributed by atoms with Gasteiger partial charge < -0.3 is 14.7 Å². The molecule has 0 N–H and O–H groups in total. The van der Waals surface area contributed by atoms with Crippen LogP contribution in [-0.2, 0) is 0 Å². The van der Waals surface area contributed by atoms with E-state index < -0.39 is 0 Å². The van der Waals surface area contributed by atoms with E-state index in [0.717, 1.165) is 51.2 Å². The second-order valence-corrected chi connectivity index (χ2v) is 16.2. The molecular weight excluding hydrogens is 751 g/mol. The second kappa shape index (κ2) is 17.9. The third kappa shape index (κ3) is 8.66. The molecule has 9 aromatic carbocycles. The molecule has 0 atom stereocenters. The molecule has 9 rings (SSSR count). The predicted octanol–water partition coefficient (Wildman–Crippen LogP) is 16.5. The van der Waals surface area contributed by atoms with Gasteiger partial charge in [0.15, 0.2) is 0 Å². The fourth-order valence-electron chi connectivity index (χ4n) is 8.52. The highest BCUT2D eigenvalue weighted by atomic mass is 15.2. The lowest BCUT2D eigenvalue weighted by atomic mass is 9.84. The van der Waals surface area contributed by atoms with Gasteiger partial charge >= 0.3 is 0 Å². The Bertz CT molecular complexity index is 2740. The molecule has 0 unspecified atom stereocenters. The monoisotopic (exact) mass is 801 g/mol. The average molecular weight is 802 g/mol. The first kappa shape index (κ1) is 39.8. The summed E-state index contributed by atoms with van der Waals surface area (Å²) in [5.74, 6) is -0.0211. The minimum atomic E-state index is -0.0211. The summed E-state index contributed by atoms with van der Waals surface area (Å²) in [5.41, 5.74) is 18.7. The molecule has 0 bridgehead atoms. The highest BCUT2D eigenvalue weighted by Crippen LogP contribution is 2.42. The lowest BCUT2D eigenvalue weighted by Gasteiger charge is -2.28. The van der Waals surface area contributed by atoms with Gasteiger partial charge in [-0.1, -0.05) is 127 Å². The standard InChI is InChI=1S/C59H51N3/c1-43-24-32-52(33-25-43)62(58-23-13-16-46(4)42-58)55-38-30-49(31-39-55)59(47-26-34-53(35-27-47)60(50-17-7-5-8-18-50)56-21-11-14-44(2)40-56)48-28-36-54(37-29-48)61(51-19-9-6-10-20-51)57-22-12-15-45(3)41-57/h5-42,59H,1-4H3. The van der Waals surface area contributed by atoms with Crippen molar-refractivity contribution in [2.24, 2.45) is 0 Å². The van der Waals surface area contributed by atoms with Crippen LogP contribution in [0.15, 0.2) is 231 Å². The van der Waals surface area contributed by atoms with Gasteiger partial charge in [-0.3, -0.25) is 0 Å². The summed E-state index contributed by atoms with van der Waals surface area (Å²) in [6, 6.07) is 83.7. The minimum Gasteiger partial charge on any atom is -0.310 e. The van der Waals surface area contributed by atoms with E-state index in [1.165, 1.54) is 38.9 Å². The number of hydrogen-bond donors (Lipinski definition) is 0. The molecule has 0 heterocycles. The Morgan fingerprint density at radius 3 is 0.774 bits per heavy atom. The van der Waals surface area contributed by atoms with E-state index in [1.807, 2.05) is 0 Å². The van der Waals surface area contributed by atoms with Crippen molar-refractivity contribution in [1.29, 1.82) is 0 Å². The average Bonchev–Trinajstić information content (AvgIpc) is 3.30. The van der Waals surface area contributed by atoms with Crippen LogP contribution in [0.4, 0.5) is 51.2 Å². The van der Waals surface area contributed by atoms with Crippen LogP contribution >= 0.6 is 0 Å². The predicted molar refractivity (Wildman–Crippen MR) is 263 cm³/mol. The summed E-state index contributed by atoms with van der Waals surface area (Å²) in [5, 5.41) is 0. The van der Waals surface area contributed by atoms with Crippen molar-refractivity contribution in [2.75, 3.05) is 14.7 Å². The summed E-state index contributed by atoms with van der Waals surface area (Å²) in [6.07, 6.45) is 0. The zero-order valence-corrected chi connectivity index (χ0v) is 35.9. The van der Waals surface area contributed by atoms with Crippen molar-refractivity contribution in [3.8, 4) is 0 Å². The van der Waals surface area contributed by atoms with E-state index in [9.17, 15) is 0 Å². The highest BCUT2D eigenvalue weighted by molar-refractivity contribution is 5.80. The van der Waals surface area contributed by atoms with Crippen LogP contribution in [0.25, 0.3) is 0 Å². The van der Waals surface area contributed by atoms with Gasteiger partial charge in [0.25, 0.3) is 0 Å². The first-order chi connectivity index (χ1) is 30.4. The lowest BCUT2D eigenvalue weighted by molar-refractivity contribution is 0.975. The van der Waals surface area contributed by atoms with Crippen LogP contribution in [0.5, 0.6) is 0 Å². The molecule has 0 saturated heterocycles. The normalized spacial score (nSPS) is 11.0. The molecule has 3 nitrogen and oxygen atoms in total. The molecule has 0 aromatic heterocycles. The van der Waals surface area contributed by atoms with Gasteiger partial charge in [-0.2, -0.15) is 0 Å². The molecule has 0 spiro atoms. The molecule has 0 saturated carbocycles. The summed E-state index contributed by atoms with van der Waals surface area (Å²) >= 11 is 0. The highest BCUT2D eigenvalue weighted by Gasteiger charge is 2.22. The first-order valence-corrected chi connectivity index (χ1v) is 21.4. The van der Waals surface area contributed by atoms with E-state index in [4.69, 9.17) is 0 Å². The Labute approximate surface area is 367 Å². The van der Waals surface area contributed by atoms with Crippen LogP contribution in [0.1, 0.15) is 44.9 Å². The topological polar surface area (TPSA) is 9.72 Å². The summed E-state index contributed by atoms with van der Waals surface area (Å²) in [6.45, 7) is 8.59. The van der Waals surface area contributed by atoms with Crippen molar-refractivity contribution in [2.45, 2.75) is 33.6 Å². The molecule has 0 fully saturated rings. The third-order valence-corrected chi connectivity index (χ3v) is 11.6. The van der Waals surface area contributed by atoms with Crippen molar-refractivity contribution < 1.29 is 0 Å². The maximum absolute atomic E-state index is 2.35. The van der Waals surface area contributed by atoms with Gasteiger partial charge in [-0.25, -0.2) is 0 Å². The third-order valence-electron chi connectivity index (χ3n) is 11.6. The van der Waals surface area contributed by atoms with Crippen LogP contribution in [0, 0.1) is 27.7 Å². The Balaban J connectivity index is 1.14. The molecule has 62 heavy (non-hydrogen) atoms. The zero-order valence-electron chi connectivity index (χ0n) is 35.9. The quantitative estimate of drug-likeness (QED) is 0.114. The van der Waals surface area contributed by atoms with Gasteiger partial charge in [0.2, 0.25) is 0 Å². The van der Waals surface area contributed by atoms with Crippen LogP contribution in [0.2, 0.25) is 0 Å². The number of rotatable bonds is 12. The Hall–Kier alpha value is -7.62. The molecule has 0 radical (unpaired) electrons. The summed E-state index contributed by atoms with van der Waals surface area (Å²) < 4.78 is 0. The van der Waals surface area contributed by atoms with Crippen molar-refractivity contribution >= 4 is 51.2 Å². The maximum Gasteiger partial charge on any atom is 0.0464 e. The van der Waals surface area contributed by atoms with E-state index in [2.05, 4.69) is 273 Å². The fraction of sp³-hybridized carbons (Fsp3) is 0.0847. The van der Waals surface area contributed by atoms with Crippen molar-refractivity contribution in [3.63, 3.8) is 0 Å². The number of hydrogen-bond acceptors (Lipinski definition) is 3. The van der Waals surface area contributed by atoms with Crippen molar-refractivity contribution in [3.05, 3.63) is 269 Å². The van der Waals surface area contributed by atoms with Gasteiger partial charge in [-0.05, 0) is 170 Å². The molecule has 3 heteroatoms. The van der Waals surface area contributed by atoms with E-state index in [1.54, 1.807) is 0 Å². The van der Waals surface area contributed by atoms with Crippen LogP contribution < -0.4 is 14.7 Å². The van der Waals surface area contributed by atoms with Gasteiger partial charge in [0.1, 0.15) is 0 Å². The van der Waals surface area contributed by atoms with Gasteiger partial charge in [0.05, 0.1) is 0 Å². The SMILES string of the molecule is Cc1ccc(N(c2ccc(C(c3ccc(N(c4ccccc4)c4cccc(C)c4)cc3)c3ccc(N(c4ccccc4)c4cccc(C)c4)cc3)cc2)c2cccc(C)c2)cc1. The Kier molecular flexibility index (Phi) is 11.5.